The van der Waals surface area contributed by atoms with E-state index in [1.165, 1.54) is 37.1 Å². The molecule has 3 heterocycles. The molecule has 0 bridgehead atoms. The van der Waals surface area contributed by atoms with Gasteiger partial charge in [-0.1, -0.05) is 26.0 Å². The summed E-state index contributed by atoms with van der Waals surface area (Å²) < 4.78 is 8.01. The summed E-state index contributed by atoms with van der Waals surface area (Å²) in [6.45, 7) is 12.9. The Morgan fingerprint density at radius 3 is 2.78 bits per heavy atom. The van der Waals surface area contributed by atoms with Gasteiger partial charge in [0.15, 0.2) is 0 Å². The largest absolute Gasteiger partial charge is 0.379 e. The van der Waals surface area contributed by atoms with E-state index in [0.717, 1.165) is 51.5 Å². The molecule has 0 N–H and O–H groups in total. The van der Waals surface area contributed by atoms with Crippen LogP contribution in [-0.4, -0.2) is 64.8 Å². The first-order valence-corrected chi connectivity index (χ1v) is 10.7. The molecule has 0 spiro atoms. The fourth-order valence-corrected chi connectivity index (χ4v) is 4.50. The minimum absolute atomic E-state index is 0.677. The summed E-state index contributed by atoms with van der Waals surface area (Å²) in [6, 6.07) is 9.28. The second kappa shape index (κ2) is 8.72. The molecule has 148 valence electrons. The van der Waals surface area contributed by atoms with Crippen LogP contribution in [0.1, 0.15) is 38.9 Å². The molecule has 2 aliphatic heterocycles. The number of ether oxygens (including phenoxy) is 1. The molecule has 2 aliphatic rings. The Bertz CT molecular complexity index is 735. The van der Waals surface area contributed by atoms with Crippen molar-refractivity contribution in [2.75, 3.05) is 39.4 Å². The van der Waals surface area contributed by atoms with Gasteiger partial charge in [0.2, 0.25) is 0 Å². The molecular weight excluding hydrogens is 336 g/mol. The highest BCUT2D eigenvalue weighted by Gasteiger charge is 2.27. The Labute approximate surface area is 163 Å². The number of fused-ring (bicyclic) bond motifs is 1. The Balaban J connectivity index is 1.49. The van der Waals surface area contributed by atoms with Crippen molar-refractivity contribution in [1.82, 2.24) is 19.4 Å². The van der Waals surface area contributed by atoms with Crippen LogP contribution in [0.4, 0.5) is 0 Å². The number of benzene rings is 1. The lowest BCUT2D eigenvalue weighted by Crippen LogP contribution is -2.51. The third kappa shape index (κ3) is 4.53. The van der Waals surface area contributed by atoms with Crippen molar-refractivity contribution in [3.8, 4) is 0 Å². The lowest BCUT2D eigenvalue weighted by molar-refractivity contribution is -0.00397. The van der Waals surface area contributed by atoms with Crippen molar-refractivity contribution >= 4 is 11.0 Å². The van der Waals surface area contributed by atoms with Crippen LogP contribution in [0.3, 0.4) is 0 Å². The highest BCUT2D eigenvalue weighted by molar-refractivity contribution is 5.75. The molecule has 5 nitrogen and oxygen atoms in total. The Morgan fingerprint density at radius 1 is 1.15 bits per heavy atom. The van der Waals surface area contributed by atoms with E-state index in [2.05, 4.69) is 52.5 Å². The molecule has 0 amide bonds. The van der Waals surface area contributed by atoms with Crippen LogP contribution in [-0.2, 0) is 17.8 Å². The first-order valence-electron chi connectivity index (χ1n) is 10.7. The highest BCUT2D eigenvalue weighted by atomic mass is 16.5. The summed E-state index contributed by atoms with van der Waals surface area (Å²) >= 11 is 0. The van der Waals surface area contributed by atoms with Gasteiger partial charge in [-0.2, -0.15) is 0 Å². The SMILES string of the molecule is CC(C)CCn1c(CN2CCC[C@H](N3CCOCC3)C2)nc2ccccc21. The molecule has 1 aromatic heterocycles. The van der Waals surface area contributed by atoms with E-state index in [9.17, 15) is 0 Å². The maximum Gasteiger partial charge on any atom is 0.124 e. The van der Waals surface area contributed by atoms with Crippen LogP contribution in [0.15, 0.2) is 24.3 Å². The van der Waals surface area contributed by atoms with E-state index in [-0.39, 0.29) is 0 Å². The van der Waals surface area contributed by atoms with Gasteiger partial charge in [0.1, 0.15) is 5.82 Å². The predicted octanol–water partition coefficient (Wildman–Crippen LogP) is 3.38. The number of aromatic nitrogens is 2. The van der Waals surface area contributed by atoms with Crippen LogP contribution in [0.25, 0.3) is 11.0 Å². The number of nitrogens with zero attached hydrogens (tertiary/aromatic N) is 4. The van der Waals surface area contributed by atoms with Crippen LogP contribution in [0.2, 0.25) is 0 Å². The van der Waals surface area contributed by atoms with Crippen LogP contribution >= 0.6 is 0 Å². The van der Waals surface area contributed by atoms with Gasteiger partial charge < -0.3 is 9.30 Å². The maximum absolute atomic E-state index is 5.54. The highest BCUT2D eigenvalue weighted by Crippen LogP contribution is 2.22. The number of aryl methyl sites for hydroxylation is 1. The van der Waals surface area contributed by atoms with Gasteiger partial charge in [-0.05, 0) is 43.9 Å². The van der Waals surface area contributed by atoms with Gasteiger partial charge in [-0.3, -0.25) is 9.80 Å². The molecule has 0 aliphatic carbocycles. The Kier molecular flexibility index (Phi) is 6.11. The minimum atomic E-state index is 0.677. The molecule has 1 atom stereocenters. The van der Waals surface area contributed by atoms with Crippen molar-refractivity contribution in [3.63, 3.8) is 0 Å². The summed E-state index contributed by atoms with van der Waals surface area (Å²) in [4.78, 5) is 10.3. The second-order valence-electron chi connectivity index (χ2n) is 8.53. The quantitative estimate of drug-likeness (QED) is 0.781. The Morgan fingerprint density at radius 2 is 1.96 bits per heavy atom. The van der Waals surface area contributed by atoms with Crippen LogP contribution < -0.4 is 0 Å². The lowest BCUT2D eigenvalue weighted by Gasteiger charge is -2.40. The first-order chi connectivity index (χ1) is 13.2. The lowest BCUT2D eigenvalue weighted by atomic mass is 10.0. The molecule has 0 radical (unpaired) electrons. The van der Waals surface area contributed by atoms with Gasteiger partial charge in [0, 0.05) is 32.2 Å². The number of para-hydroxylation sites is 2. The zero-order valence-electron chi connectivity index (χ0n) is 16.9. The molecule has 1 aromatic carbocycles. The molecular formula is C22H34N4O. The van der Waals surface area contributed by atoms with Crippen molar-refractivity contribution in [2.45, 2.75) is 52.2 Å². The number of imidazole rings is 1. The zero-order valence-corrected chi connectivity index (χ0v) is 16.9. The van der Waals surface area contributed by atoms with Gasteiger partial charge in [0.05, 0.1) is 30.8 Å². The van der Waals surface area contributed by atoms with Crippen molar-refractivity contribution in [1.29, 1.82) is 0 Å². The molecule has 27 heavy (non-hydrogen) atoms. The minimum Gasteiger partial charge on any atom is -0.379 e. The number of rotatable bonds is 6. The predicted molar refractivity (Wildman–Crippen MR) is 110 cm³/mol. The molecule has 0 unspecified atom stereocenters. The van der Waals surface area contributed by atoms with E-state index in [4.69, 9.17) is 9.72 Å². The molecule has 2 saturated heterocycles. The summed E-state index contributed by atoms with van der Waals surface area (Å²) in [5.41, 5.74) is 2.42. The van der Waals surface area contributed by atoms with Gasteiger partial charge in [-0.15, -0.1) is 0 Å². The fraction of sp³-hybridized carbons (Fsp3) is 0.682. The van der Waals surface area contributed by atoms with E-state index in [0.29, 0.717) is 12.0 Å². The van der Waals surface area contributed by atoms with E-state index < -0.39 is 0 Å². The summed E-state index contributed by atoms with van der Waals surface area (Å²) in [7, 11) is 0. The van der Waals surface area contributed by atoms with Crippen molar-refractivity contribution in [3.05, 3.63) is 30.1 Å². The molecule has 5 heteroatoms. The summed E-state index contributed by atoms with van der Waals surface area (Å²) in [5, 5.41) is 0. The van der Waals surface area contributed by atoms with E-state index in [1.54, 1.807) is 0 Å². The third-order valence-electron chi connectivity index (χ3n) is 6.07. The van der Waals surface area contributed by atoms with Crippen LogP contribution in [0.5, 0.6) is 0 Å². The molecule has 2 aromatic rings. The van der Waals surface area contributed by atoms with Crippen LogP contribution in [0, 0.1) is 5.92 Å². The summed E-state index contributed by atoms with van der Waals surface area (Å²) in [5.74, 6) is 1.94. The van der Waals surface area contributed by atoms with E-state index in [1.807, 2.05) is 0 Å². The summed E-state index contributed by atoms with van der Waals surface area (Å²) in [6.07, 6.45) is 3.80. The normalized spacial score (nSPS) is 22.7. The number of morpholine rings is 1. The number of hydrogen-bond donors (Lipinski definition) is 0. The van der Waals surface area contributed by atoms with E-state index >= 15 is 0 Å². The monoisotopic (exact) mass is 370 g/mol. The third-order valence-corrected chi connectivity index (χ3v) is 6.07. The van der Waals surface area contributed by atoms with Crippen molar-refractivity contribution in [2.24, 2.45) is 5.92 Å². The van der Waals surface area contributed by atoms with Gasteiger partial charge in [-0.25, -0.2) is 4.98 Å². The smallest absolute Gasteiger partial charge is 0.124 e. The number of hydrogen-bond acceptors (Lipinski definition) is 4. The standard InChI is InChI=1S/C22H34N4O/c1-18(2)9-11-26-21-8-4-3-7-20(21)23-22(26)17-24-10-5-6-19(16-24)25-12-14-27-15-13-25/h3-4,7-8,18-19H,5-6,9-17H2,1-2H3/t19-/m0/s1. The molecule has 0 saturated carbocycles. The fourth-order valence-electron chi connectivity index (χ4n) is 4.50. The average molecular weight is 371 g/mol. The second-order valence-corrected chi connectivity index (χ2v) is 8.53. The van der Waals surface area contributed by atoms with Crippen molar-refractivity contribution < 1.29 is 4.74 Å². The number of piperidine rings is 1. The topological polar surface area (TPSA) is 33.5 Å². The Hall–Kier alpha value is -1.43. The number of likely N-dealkylation sites (tertiary alicyclic amines) is 1. The average Bonchev–Trinajstić information content (AvgIpc) is 3.04. The maximum atomic E-state index is 5.54. The zero-order chi connectivity index (χ0) is 18.6. The molecule has 4 rings (SSSR count). The molecule has 2 fully saturated rings. The van der Waals surface area contributed by atoms with Gasteiger partial charge >= 0.3 is 0 Å². The first kappa shape index (κ1) is 18.9. The van der Waals surface area contributed by atoms with Gasteiger partial charge in [0.25, 0.3) is 0 Å².